The van der Waals surface area contributed by atoms with Crippen molar-refractivity contribution in [1.82, 2.24) is 5.32 Å². The van der Waals surface area contributed by atoms with Crippen molar-refractivity contribution < 1.29 is 14.3 Å². The highest BCUT2D eigenvalue weighted by atomic mass is 32.1. The Balaban J connectivity index is 1.58. The van der Waals surface area contributed by atoms with E-state index in [2.05, 4.69) is 5.32 Å². The van der Waals surface area contributed by atoms with E-state index in [-0.39, 0.29) is 18.2 Å². The van der Waals surface area contributed by atoms with Gasteiger partial charge in [-0.3, -0.25) is 0 Å². The van der Waals surface area contributed by atoms with Crippen LogP contribution in [0.25, 0.3) is 0 Å². The summed E-state index contributed by atoms with van der Waals surface area (Å²) in [7, 11) is 0. The van der Waals surface area contributed by atoms with Crippen molar-refractivity contribution in [3.8, 4) is 0 Å². The molecule has 1 aliphatic rings. The van der Waals surface area contributed by atoms with Gasteiger partial charge in [0.2, 0.25) is 0 Å². The monoisotopic (exact) mass is 255 g/mol. The summed E-state index contributed by atoms with van der Waals surface area (Å²) in [6.45, 7) is 4.06. The third-order valence-electron chi connectivity index (χ3n) is 2.73. The summed E-state index contributed by atoms with van der Waals surface area (Å²) in [5.74, 6) is -0.283. The minimum absolute atomic E-state index is 0.0443. The molecular formula is C12H17NO3S. The van der Waals surface area contributed by atoms with E-state index in [0.717, 1.165) is 19.5 Å². The molecule has 1 fully saturated rings. The molecular weight excluding hydrogens is 238 g/mol. The molecule has 1 N–H and O–H groups in total. The Labute approximate surface area is 105 Å². The number of thiophene rings is 1. The molecule has 5 heteroatoms. The van der Waals surface area contributed by atoms with Gasteiger partial charge in [-0.15, -0.1) is 11.3 Å². The molecule has 0 unspecified atom stereocenters. The van der Waals surface area contributed by atoms with Crippen LogP contribution in [0.1, 0.15) is 11.8 Å². The molecule has 0 aliphatic carbocycles. The number of hydrogen-bond acceptors (Lipinski definition) is 5. The largest absolute Gasteiger partial charge is 0.464 e. The van der Waals surface area contributed by atoms with E-state index >= 15 is 0 Å². The minimum Gasteiger partial charge on any atom is -0.464 e. The van der Waals surface area contributed by atoms with Crippen LogP contribution in [0.15, 0.2) is 17.5 Å². The maximum Gasteiger partial charge on any atom is 0.332 e. The Hall–Kier alpha value is -0.910. The maximum absolute atomic E-state index is 11.4. The Morgan fingerprint density at radius 1 is 1.59 bits per heavy atom. The number of carbonyl (C=O) groups excluding carboxylic acids is 1. The molecule has 2 heterocycles. The average Bonchev–Trinajstić information content (AvgIpc) is 2.77. The van der Waals surface area contributed by atoms with Crippen molar-refractivity contribution in [1.29, 1.82) is 0 Å². The molecule has 0 aromatic carbocycles. The summed E-state index contributed by atoms with van der Waals surface area (Å²) in [4.78, 5) is 12.6. The lowest BCUT2D eigenvalue weighted by molar-refractivity contribution is -0.158. The quantitative estimate of drug-likeness (QED) is 0.776. The molecule has 0 atom stereocenters. The highest BCUT2D eigenvalue weighted by Crippen LogP contribution is 2.15. The topological polar surface area (TPSA) is 47.6 Å². The molecule has 0 radical (unpaired) electrons. The smallest absolute Gasteiger partial charge is 0.332 e. The molecule has 0 spiro atoms. The Morgan fingerprint density at radius 3 is 3.00 bits per heavy atom. The van der Waals surface area contributed by atoms with Gasteiger partial charge in [0.05, 0.1) is 12.2 Å². The van der Waals surface area contributed by atoms with Crippen molar-refractivity contribution in [2.75, 3.05) is 26.3 Å². The average molecular weight is 255 g/mol. The SMILES string of the molecule is CC1(OCC(=O)OCCc2cccs2)CNC1. The minimum atomic E-state index is -0.283. The highest BCUT2D eigenvalue weighted by molar-refractivity contribution is 7.09. The molecule has 4 nitrogen and oxygen atoms in total. The second-order valence-electron chi connectivity index (χ2n) is 4.39. The van der Waals surface area contributed by atoms with Crippen molar-refractivity contribution in [2.24, 2.45) is 0 Å². The zero-order valence-electron chi connectivity index (χ0n) is 9.90. The summed E-state index contributed by atoms with van der Waals surface area (Å²) in [5, 5.41) is 5.13. The first-order valence-corrected chi connectivity index (χ1v) is 6.59. The van der Waals surface area contributed by atoms with E-state index in [9.17, 15) is 4.79 Å². The fourth-order valence-corrected chi connectivity index (χ4v) is 2.26. The summed E-state index contributed by atoms with van der Waals surface area (Å²) in [5.41, 5.74) is -0.188. The third-order valence-corrected chi connectivity index (χ3v) is 3.66. The molecule has 17 heavy (non-hydrogen) atoms. The summed E-state index contributed by atoms with van der Waals surface area (Å²) >= 11 is 1.67. The van der Waals surface area contributed by atoms with Gasteiger partial charge in [0, 0.05) is 24.4 Å². The fourth-order valence-electron chi connectivity index (χ4n) is 1.57. The summed E-state index contributed by atoms with van der Waals surface area (Å²) in [6, 6.07) is 4.03. The number of nitrogens with one attached hydrogen (secondary N) is 1. The first-order valence-electron chi connectivity index (χ1n) is 5.71. The van der Waals surface area contributed by atoms with Gasteiger partial charge in [-0.25, -0.2) is 4.79 Å². The van der Waals surface area contributed by atoms with Gasteiger partial charge in [-0.1, -0.05) is 6.07 Å². The summed E-state index contributed by atoms with van der Waals surface area (Å²) < 4.78 is 10.6. The normalized spacial score (nSPS) is 17.5. The van der Waals surface area contributed by atoms with Gasteiger partial charge in [0.25, 0.3) is 0 Å². The molecule has 1 aromatic rings. The van der Waals surface area contributed by atoms with Gasteiger partial charge in [0.1, 0.15) is 6.61 Å². The van der Waals surface area contributed by atoms with Crippen LogP contribution in [0.5, 0.6) is 0 Å². The number of esters is 1. The van der Waals surface area contributed by atoms with Crippen LogP contribution in [0, 0.1) is 0 Å². The lowest BCUT2D eigenvalue weighted by Gasteiger charge is -2.38. The van der Waals surface area contributed by atoms with Gasteiger partial charge in [0.15, 0.2) is 0 Å². The van der Waals surface area contributed by atoms with Crippen molar-refractivity contribution >= 4 is 17.3 Å². The molecule has 2 rings (SSSR count). The molecule has 1 saturated heterocycles. The van der Waals surface area contributed by atoms with Crippen LogP contribution in [0.2, 0.25) is 0 Å². The second-order valence-corrected chi connectivity index (χ2v) is 5.42. The summed E-state index contributed by atoms with van der Waals surface area (Å²) in [6.07, 6.45) is 0.780. The van der Waals surface area contributed by atoms with Gasteiger partial charge >= 0.3 is 5.97 Å². The number of ether oxygens (including phenoxy) is 2. The van der Waals surface area contributed by atoms with Crippen LogP contribution in [0.4, 0.5) is 0 Å². The standard InChI is InChI=1S/C12H17NO3S/c1-12(8-13-9-12)16-7-11(14)15-5-4-10-3-2-6-17-10/h2-3,6,13H,4-5,7-9H2,1H3. The van der Waals surface area contributed by atoms with Gasteiger partial charge in [-0.2, -0.15) is 0 Å². The molecule has 1 aromatic heterocycles. The Kier molecular flexibility index (Phi) is 4.15. The number of hydrogen-bond donors (Lipinski definition) is 1. The molecule has 0 bridgehead atoms. The molecule has 94 valence electrons. The third kappa shape index (κ3) is 3.80. The highest BCUT2D eigenvalue weighted by Gasteiger charge is 2.33. The van der Waals surface area contributed by atoms with Crippen molar-refractivity contribution in [2.45, 2.75) is 18.9 Å². The lowest BCUT2D eigenvalue weighted by Crippen LogP contribution is -2.59. The molecule has 0 saturated carbocycles. The van der Waals surface area contributed by atoms with E-state index in [1.165, 1.54) is 4.88 Å². The first kappa shape index (κ1) is 12.5. The fraction of sp³-hybridized carbons (Fsp3) is 0.583. The van der Waals surface area contributed by atoms with Crippen LogP contribution in [0.3, 0.4) is 0 Å². The van der Waals surface area contributed by atoms with Crippen LogP contribution in [-0.4, -0.2) is 37.9 Å². The van der Waals surface area contributed by atoms with E-state index in [4.69, 9.17) is 9.47 Å². The zero-order chi connectivity index (χ0) is 12.1. The van der Waals surface area contributed by atoms with Crippen molar-refractivity contribution in [3.05, 3.63) is 22.4 Å². The zero-order valence-corrected chi connectivity index (χ0v) is 10.7. The lowest BCUT2D eigenvalue weighted by atomic mass is 10.0. The second kappa shape index (κ2) is 5.62. The predicted octanol–water partition coefficient (Wildman–Crippen LogP) is 1.21. The van der Waals surface area contributed by atoms with Crippen LogP contribution < -0.4 is 5.32 Å². The van der Waals surface area contributed by atoms with E-state index in [1.807, 2.05) is 24.4 Å². The first-order chi connectivity index (χ1) is 8.18. The molecule has 0 amide bonds. The van der Waals surface area contributed by atoms with Crippen molar-refractivity contribution in [3.63, 3.8) is 0 Å². The van der Waals surface area contributed by atoms with E-state index in [0.29, 0.717) is 6.61 Å². The van der Waals surface area contributed by atoms with E-state index in [1.54, 1.807) is 11.3 Å². The van der Waals surface area contributed by atoms with Crippen LogP contribution >= 0.6 is 11.3 Å². The van der Waals surface area contributed by atoms with Crippen LogP contribution in [-0.2, 0) is 20.7 Å². The number of rotatable bonds is 6. The van der Waals surface area contributed by atoms with E-state index < -0.39 is 0 Å². The Bertz CT molecular complexity index is 360. The Morgan fingerprint density at radius 2 is 2.41 bits per heavy atom. The maximum atomic E-state index is 11.4. The van der Waals surface area contributed by atoms with Gasteiger partial charge < -0.3 is 14.8 Å². The predicted molar refractivity (Wildman–Crippen MR) is 66.2 cm³/mol. The number of carbonyl (C=O) groups is 1. The molecule has 1 aliphatic heterocycles. The van der Waals surface area contributed by atoms with Gasteiger partial charge in [-0.05, 0) is 18.4 Å².